The number of hydrogen-bond donors (Lipinski definition) is 2. The molecule has 0 bridgehead atoms. The second kappa shape index (κ2) is 8.47. The van der Waals surface area contributed by atoms with Gasteiger partial charge in [0.1, 0.15) is 5.75 Å². The molecule has 0 saturated heterocycles. The third-order valence-corrected chi connectivity index (χ3v) is 4.16. The van der Waals surface area contributed by atoms with Crippen molar-refractivity contribution in [2.75, 3.05) is 5.32 Å². The Morgan fingerprint density at radius 3 is 2.56 bits per heavy atom. The number of amides is 1. The molecule has 0 radical (unpaired) electrons. The topological polar surface area (TPSA) is 77.2 Å². The number of ether oxygens (including phenoxy) is 1. The van der Waals surface area contributed by atoms with Gasteiger partial charge in [0.15, 0.2) is 0 Å². The number of benzene rings is 2. The minimum Gasteiger partial charge on any atom is -0.439 e. The first-order chi connectivity index (χ1) is 13.1. The van der Waals surface area contributed by atoms with Gasteiger partial charge in [-0.2, -0.15) is 0 Å². The normalized spacial score (nSPS) is 10.5. The molecule has 1 heterocycles. The smallest absolute Gasteiger partial charge is 0.255 e. The van der Waals surface area contributed by atoms with Crippen molar-refractivity contribution in [1.29, 1.82) is 0 Å². The molecule has 3 N–H and O–H groups in total. The van der Waals surface area contributed by atoms with E-state index < -0.39 is 0 Å². The Labute approximate surface area is 159 Å². The predicted molar refractivity (Wildman–Crippen MR) is 107 cm³/mol. The lowest BCUT2D eigenvalue weighted by atomic mass is 10.1. The highest BCUT2D eigenvalue weighted by molar-refractivity contribution is 6.04. The maximum absolute atomic E-state index is 12.5. The number of carbonyl (C=O) groups is 1. The van der Waals surface area contributed by atoms with E-state index in [1.54, 1.807) is 30.3 Å². The van der Waals surface area contributed by atoms with Crippen LogP contribution in [0.1, 0.15) is 34.1 Å². The molecule has 0 aliphatic rings. The molecule has 3 rings (SSSR count). The van der Waals surface area contributed by atoms with Gasteiger partial charge in [0.05, 0.1) is 0 Å². The van der Waals surface area contributed by atoms with E-state index in [1.807, 2.05) is 37.3 Å². The average molecular weight is 361 g/mol. The molecule has 138 valence electrons. The Morgan fingerprint density at radius 2 is 1.85 bits per heavy atom. The van der Waals surface area contributed by atoms with Crippen LogP contribution in [-0.2, 0) is 13.0 Å². The lowest BCUT2D eigenvalue weighted by molar-refractivity contribution is 0.102. The summed E-state index contributed by atoms with van der Waals surface area (Å²) in [4.78, 5) is 16.9. The minimum absolute atomic E-state index is 0.190. The summed E-state index contributed by atoms with van der Waals surface area (Å²) in [6, 6.07) is 18.6. The van der Waals surface area contributed by atoms with E-state index in [0.29, 0.717) is 23.7 Å². The molecule has 5 nitrogen and oxygen atoms in total. The van der Waals surface area contributed by atoms with E-state index in [4.69, 9.17) is 10.5 Å². The summed E-state index contributed by atoms with van der Waals surface area (Å²) >= 11 is 0. The van der Waals surface area contributed by atoms with Crippen molar-refractivity contribution in [1.82, 2.24) is 4.98 Å². The van der Waals surface area contributed by atoms with Crippen LogP contribution in [0.3, 0.4) is 0 Å². The number of nitrogens with two attached hydrogens (primary N) is 1. The summed E-state index contributed by atoms with van der Waals surface area (Å²) in [6.45, 7) is 4.40. The van der Waals surface area contributed by atoms with E-state index in [2.05, 4.69) is 17.2 Å². The maximum Gasteiger partial charge on any atom is 0.255 e. The summed E-state index contributed by atoms with van der Waals surface area (Å²) in [6.07, 6.45) is 0.965. The molecule has 1 aromatic heterocycles. The highest BCUT2D eigenvalue weighted by atomic mass is 16.5. The van der Waals surface area contributed by atoms with Crippen LogP contribution in [0, 0.1) is 6.92 Å². The minimum atomic E-state index is -0.190. The van der Waals surface area contributed by atoms with Crippen molar-refractivity contribution in [2.45, 2.75) is 26.8 Å². The number of hydrogen-bond acceptors (Lipinski definition) is 4. The Morgan fingerprint density at radius 1 is 1.07 bits per heavy atom. The quantitative estimate of drug-likeness (QED) is 0.680. The van der Waals surface area contributed by atoms with Gasteiger partial charge < -0.3 is 15.8 Å². The molecular weight excluding hydrogens is 338 g/mol. The number of nitrogens with zero attached hydrogens (tertiary/aromatic N) is 1. The zero-order valence-electron chi connectivity index (χ0n) is 15.5. The Kier molecular flexibility index (Phi) is 5.84. The van der Waals surface area contributed by atoms with Crippen molar-refractivity contribution in [3.05, 3.63) is 83.0 Å². The van der Waals surface area contributed by atoms with Gasteiger partial charge >= 0.3 is 0 Å². The van der Waals surface area contributed by atoms with Crippen molar-refractivity contribution < 1.29 is 9.53 Å². The third kappa shape index (κ3) is 4.92. The second-order valence-electron chi connectivity index (χ2n) is 6.29. The van der Waals surface area contributed by atoms with Crippen molar-refractivity contribution in [3.8, 4) is 11.6 Å². The summed E-state index contributed by atoms with van der Waals surface area (Å²) in [5, 5.41) is 2.90. The summed E-state index contributed by atoms with van der Waals surface area (Å²) < 4.78 is 5.83. The van der Waals surface area contributed by atoms with Crippen LogP contribution in [0.4, 0.5) is 5.69 Å². The fourth-order valence-electron chi connectivity index (χ4n) is 2.73. The second-order valence-corrected chi connectivity index (χ2v) is 6.29. The molecule has 27 heavy (non-hydrogen) atoms. The number of aromatic nitrogens is 1. The number of carbonyl (C=O) groups excluding carboxylic acids is 1. The fraction of sp³-hybridized carbons (Fsp3) is 0.182. The third-order valence-electron chi connectivity index (χ3n) is 4.16. The highest BCUT2D eigenvalue weighted by Gasteiger charge is 2.09. The van der Waals surface area contributed by atoms with E-state index in [9.17, 15) is 4.79 Å². The van der Waals surface area contributed by atoms with Gasteiger partial charge in [-0.05, 0) is 60.9 Å². The molecule has 0 aliphatic heterocycles. The Bertz CT molecular complexity index is 937. The first-order valence-electron chi connectivity index (χ1n) is 8.93. The first-order valence-corrected chi connectivity index (χ1v) is 8.93. The number of nitrogens with one attached hydrogen (secondary N) is 1. The summed E-state index contributed by atoms with van der Waals surface area (Å²) in [5.41, 5.74) is 9.98. The number of anilines is 1. The van der Waals surface area contributed by atoms with Gasteiger partial charge in [0.25, 0.3) is 5.91 Å². The molecular formula is C22H23N3O2. The predicted octanol–water partition coefficient (Wildman–Crippen LogP) is 4.46. The molecule has 1 amide bonds. The molecule has 0 aliphatic carbocycles. The molecule has 0 fully saturated rings. The van der Waals surface area contributed by atoms with Crippen molar-refractivity contribution >= 4 is 11.6 Å². The largest absolute Gasteiger partial charge is 0.439 e. The standard InChI is InChI=1S/C22H23N3O2/c1-3-16-7-9-19(10-8-16)25-22(26)18-5-4-6-20(13-18)27-21-12-17(14-23)11-15(2)24-21/h4-13H,3,14,23H2,1-2H3,(H,25,26). The van der Waals surface area contributed by atoms with Crippen LogP contribution in [0.15, 0.2) is 60.7 Å². The van der Waals surface area contributed by atoms with Crippen LogP contribution >= 0.6 is 0 Å². The van der Waals surface area contributed by atoms with Crippen molar-refractivity contribution in [2.24, 2.45) is 5.73 Å². The summed E-state index contributed by atoms with van der Waals surface area (Å²) in [5.74, 6) is 0.817. The number of pyridine rings is 1. The van der Waals surface area contributed by atoms with Crippen LogP contribution in [-0.4, -0.2) is 10.9 Å². The van der Waals surface area contributed by atoms with Gasteiger partial charge in [0, 0.05) is 29.6 Å². The maximum atomic E-state index is 12.5. The molecule has 2 aromatic carbocycles. The lowest BCUT2D eigenvalue weighted by Gasteiger charge is -2.10. The summed E-state index contributed by atoms with van der Waals surface area (Å²) in [7, 11) is 0. The van der Waals surface area contributed by atoms with E-state index in [-0.39, 0.29) is 5.91 Å². The average Bonchev–Trinajstić information content (AvgIpc) is 2.68. The van der Waals surface area contributed by atoms with Gasteiger partial charge in [-0.25, -0.2) is 4.98 Å². The van der Waals surface area contributed by atoms with Crippen molar-refractivity contribution in [3.63, 3.8) is 0 Å². The number of rotatable bonds is 6. The van der Waals surface area contributed by atoms with Gasteiger partial charge in [0.2, 0.25) is 5.88 Å². The van der Waals surface area contributed by atoms with E-state index in [1.165, 1.54) is 5.56 Å². The number of aryl methyl sites for hydroxylation is 2. The van der Waals surface area contributed by atoms with Crippen LogP contribution in [0.2, 0.25) is 0 Å². The van der Waals surface area contributed by atoms with Gasteiger partial charge in [-0.1, -0.05) is 25.1 Å². The molecule has 0 spiro atoms. The van der Waals surface area contributed by atoms with Gasteiger partial charge in [-0.3, -0.25) is 4.79 Å². The fourth-order valence-corrected chi connectivity index (χ4v) is 2.73. The molecule has 5 heteroatoms. The monoisotopic (exact) mass is 361 g/mol. The van der Waals surface area contributed by atoms with Crippen LogP contribution in [0.25, 0.3) is 0 Å². The highest BCUT2D eigenvalue weighted by Crippen LogP contribution is 2.23. The Hall–Kier alpha value is -3.18. The molecule has 0 unspecified atom stereocenters. The Balaban J connectivity index is 1.74. The van der Waals surface area contributed by atoms with Crippen LogP contribution < -0.4 is 15.8 Å². The molecule has 3 aromatic rings. The zero-order chi connectivity index (χ0) is 19.2. The molecule has 0 atom stereocenters. The zero-order valence-corrected chi connectivity index (χ0v) is 15.5. The SMILES string of the molecule is CCc1ccc(NC(=O)c2cccc(Oc3cc(CN)cc(C)n3)c2)cc1. The molecule has 0 saturated carbocycles. The van der Waals surface area contributed by atoms with E-state index >= 15 is 0 Å². The van der Waals surface area contributed by atoms with Gasteiger partial charge in [-0.15, -0.1) is 0 Å². The lowest BCUT2D eigenvalue weighted by Crippen LogP contribution is -2.11. The van der Waals surface area contributed by atoms with Crippen LogP contribution in [0.5, 0.6) is 11.6 Å². The van der Waals surface area contributed by atoms with E-state index in [0.717, 1.165) is 23.4 Å². The first kappa shape index (κ1) is 18.6.